The van der Waals surface area contributed by atoms with E-state index in [2.05, 4.69) is 22.2 Å². The lowest BCUT2D eigenvalue weighted by Crippen LogP contribution is -2.29. The first kappa shape index (κ1) is 16.2. The zero-order chi connectivity index (χ0) is 18.2. The molecule has 3 aromatic rings. The predicted molar refractivity (Wildman–Crippen MR) is 98.9 cm³/mol. The van der Waals surface area contributed by atoms with E-state index in [1.807, 2.05) is 30.3 Å². The summed E-state index contributed by atoms with van der Waals surface area (Å²) < 4.78 is 22.1. The van der Waals surface area contributed by atoms with Crippen LogP contribution in [0.1, 0.15) is 16.9 Å². The topological polar surface area (TPSA) is 57.0 Å². The summed E-state index contributed by atoms with van der Waals surface area (Å²) in [6.07, 6.45) is 0.858. The van der Waals surface area contributed by atoms with Crippen molar-refractivity contribution in [2.45, 2.75) is 19.5 Å². The Morgan fingerprint density at radius 3 is 2.89 bits per heavy atom. The number of methoxy groups -OCH3 is 1. The molecule has 138 valence electrons. The molecule has 0 fully saturated rings. The molecular weight excluding hydrogens is 344 g/mol. The average Bonchev–Trinajstić information content (AvgIpc) is 3.34. The molecule has 0 spiro atoms. The molecule has 6 nitrogen and oxygen atoms in total. The van der Waals surface area contributed by atoms with Gasteiger partial charge in [0.05, 0.1) is 7.11 Å². The van der Waals surface area contributed by atoms with Gasteiger partial charge in [-0.3, -0.25) is 4.90 Å². The van der Waals surface area contributed by atoms with Gasteiger partial charge in [0.15, 0.2) is 11.5 Å². The Hall–Kier alpha value is -2.99. The van der Waals surface area contributed by atoms with E-state index in [4.69, 9.17) is 18.7 Å². The number of ether oxygens (including phenoxy) is 3. The van der Waals surface area contributed by atoms with Gasteiger partial charge in [0.2, 0.25) is 12.5 Å². The van der Waals surface area contributed by atoms with Gasteiger partial charge in [-0.05, 0) is 17.7 Å². The van der Waals surface area contributed by atoms with Crippen LogP contribution in [0.4, 0.5) is 0 Å². The van der Waals surface area contributed by atoms with Crippen LogP contribution in [-0.2, 0) is 19.5 Å². The van der Waals surface area contributed by atoms with Gasteiger partial charge in [0.25, 0.3) is 0 Å². The monoisotopic (exact) mass is 364 g/mol. The van der Waals surface area contributed by atoms with Crippen LogP contribution in [0.5, 0.6) is 17.2 Å². The Bertz CT molecular complexity index is 968. The van der Waals surface area contributed by atoms with E-state index in [1.165, 1.54) is 5.56 Å². The average molecular weight is 364 g/mol. The van der Waals surface area contributed by atoms with Gasteiger partial charge in [-0.2, -0.15) is 0 Å². The van der Waals surface area contributed by atoms with Crippen LogP contribution in [0.3, 0.4) is 0 Å². The van der Waals surface area contributed by atoms with Crippen molar-refractivity contribution in [2.75, 3.05) is 20.4 Å². The zero-order valence-electron chi connectivity index (χ0n) is 15.1. The van der Waals surface area contributed by atoms with Crippen LogP contribution in [0, 0.1) is 0 Å². The molecule has 2 aromatic carbocycles. The van der Waals surface area contributed by atoms with Crippen molar-refractivity contribution in [1.29, 1.82) is 0 Å². The summed E-state index contributed by atoms with van der Waals surface area (Å²) >= 11 is 0. The minimum absolute atomic E-state index is 0.239. The quantitative estimate of drug-likeness (QED) is 0.705. The highest BCUT2D eigenvalue weighted by Crippen LogP contribution is 2.42. The fourth-order valence-corrected chi connectivity index (χ4v) is 3.76. The first-order valence-electron chi connectivity index (χ1n) is 9.03. The van der Waals surface area contributed by atoms with E-state index < -0.39 is 0 Å². The normalized spacial score (nSPS) is 15.6. The molecule has 1 aromatic heterocycles. The lowest BCUT2D eigenvalue weighted by molar-refractivity contribution is 0.171. The molecule has 0 atom stereocenters. The summed E-state index contributed by atoms with van der Waals surface area (Å²) in [7, 11) is 1.65. The van der Waals surface area contributed by atoms with Gasteiger partial charge < -0.3 is 18.7 Å². The molecule has 0 saturated heterocycles. The Kier molecular flexibility index (Phi) is 3.98. The molecule has 0 N–H and O–H groups in total. The number of rotatable bonds is 4. The molecule has 0 unspecified atom stereocenters. The van der Waals surface area contributed by atoms with Gasteiger partial charge in [-0.1, -0.05) is 35.5 Å². The van der Waals surface area contributed by atoms with Crippen LogP contribution in [0.15, 0.2) is 47.0 Å². The maximum atomic E-state index is 5.60. The lowest BCUT2D eigenvalue weighted by Gasteiger charge is -2.26. The number of hydrogen-bond donors (Lipinski definition) is 0. The molecule has 0 amide bonds. The minimum Gasteiger partial charge on any atom is -0.493 e. The molecule has 2 aliphatic heterocycles. The van der Waals surface area contributed by atoms with Gasteiger partial charge in [-0.15, -0.1) is 0 Å². The van der Waals surface area contributed by atoms with E-state index in [0.717, 1.165) is 54.4 Å². The van der Waals surface area contributed by atoms with E-state index >= 15 is 0 Å². The Morgan fingerprint density at radius 2 is 2.04 bits per heavy atom. The smallest absolute Gasteiger partial charge is 0.231 e. The van der Waals surface area contributed by atoms with Crippen LogP contribution in [-0.4, -0.2) is 30.5 Å². The van der Waals surface area contributed by atoms with Crippen LogP contribution >= 0.6 is 0 Å². The first-order chi connectivity index (χ1) is 13.3. The van der Waals surface area contributed by atoms with Crippen molar-refractivity contribution in [3.8, 4) is 28.5 Å². The Labute approximate surface area is 157 Å². The fraction of sp³-hybridized carbons (Fsp3) is 0.286. The minimum atomic E-state index is 0.239. The summed E-state index contributed by atoms with van der Waals surface area (Å²) in [5.74, 6) is 3.14. The molecule has 0 radical (unpaired) electrons. The number of aromatic nitrogens is 1. The Morgan fingerprint density at radius 1 is 1.15 bits per heavy atom. The predicted octanol–water partition coefficient (Wildman–Crippen LogP) is 3.64. The van der Waals surface area contributed by atoms with Crippen molar-refractivity contribution in [3.05, 3.63) is 59.4 Å². The molecule has 0 saturated carbocycles. The molecule has 3 heterocycles. The van der Waals surface area contributed by atoms with Crippen LogP contribution in [0.25, 0.3) is 11.3 Å². The third-order valence-corrected chi connectivity index (χ3v) is 5.08. The fourth-order valence-electron chi connectivity index (χ4n) is 3.76. The second kappa shape index (κ2) is 6.63. The summed E-state index contributed by atoms with van der Waals surface area (Å²) in [5, 5.41) is 4.33. The van der Waals surface area contributed by atoms with Crippen molar-refractivity contribution >= 4 is 0 Å². The summed E-state index contributed by atoms with van der Waals surface area (Å²) in [6, 6.07) is 14.3. The highest BCUT2D eigenvalue weighted by atomic mass is 16.7. The highest BCUT2D eigenvalue weighted by Gasteiger charge is 2.26. The maximum Gasteiger partial charge on any atom is 0.231 e. The zero-order valence-corrected chi connectivity index (χ0v) is 15.1. The largest absolute Gasteiger partial charge is 0.493 e. The third-order valence-electron chi connectivity index (χ3n) is 5.08. The van der Waals surface area contributed by atoms with E-state index in [0.29, 0.717) is 11.5 Å². The number of benzene rings is 2. The summed E-state index contributed by atoms with van der Waals surface area (Å²) in [6.45, 7) is 2.77. The van der Waals surface area contributed by atoms with E-state index in [-0.39, 0.29) is 6.79 Å². The molecule has 27 heavy (non-hydrogen) atoms. The second-order valence-corrected chi connectivity index (χ2v) is 6.79. The number of nitrogens with zero attached hydrogens (tertiary/aromatic N) is 2. The molecule has 0 aliphatic carbocycles. The van der Waals surface area contributed by atoms with E-state index in [1.54, 1.807) is 7.11 Å². The van der Waals surface area contributed by atoms with Gasteiger partial charge >= 0.3 is 0 Å². The van der Waals surface area contributed by atoms with Crippen molar-refractivity contribution < 1.29 is 18.7 Å². The molecule has 5 rings (SSSR count). The molecular formula is C21H20N2O4. The lowest BCUT2D eigenvalue weighted by atomic mass is 10.0. The van der Waals surface area contributed by atoms with Crippen LogP contribution < -0.4 is 14.2 Å². The Balaban J connectivity index is 1.40. The van der Waals surface area contributed by atoms with Gasteiger partial charge in [0.1, 0.15) is 11.5 Å². The first-order valence-corrected chi connectivity index (χ1v) is 9.03. The van der Waals surface area contributed by atoms with Gasteiger partial charge in [0, 0.05) is 37.2 Å². The van der Waals surface area contributed by atoms with Crippen molar-refractivity contribution in [3.63, 3.8) is 0 Å². The van der Waals surface area contributed by atoms with Gasteiger partial charge in [-0.25, -0.2) is 0 Å². The SMILES string of the molecule is COc1cc(CN2CCc3onc(-c4ccccc4)c3C2)cc2c1OCO2. The maximum absolute atomic E-state index is 5.60. The van der Waals surface area contributed by atoms with Crippen LogP contribution in [0.2, 0.25) is 0 Å². The molecule has 6 heteroatoms. The van der Waals surface area contributed by atoms with Crippen molar-refractivity contribution in [2.24, 2.45) is 0 Å². The number of fused-ring (bicyclic) bond motifs is 2. The molecule has 2 aliphatic rings. The van der Waals surface area contributed by atoms with E-state index in [9.17, 15) is 0 Å². The van der Waals surface area contributed by atoms with Crippen molar-refractivity contribution in [1.82, 2.24) is 10.1 Å². The number of hydrogen-bond acceptors (Lipinski definition) is 6. The third kappa shape index (κ3) is 2.92. The summed E-state index contributed by atoms with van der Waals surface area (Å²) in [5.41, 5.74) is 4.35. The summed E-state index contributed by atoms with van der Waals surface area (Å²) in [4.78, 5) is 2.39. The molecule has 0 bridgehead atoms. The standard InChI is InChI=1S/C21H20N2O4/c1-24-18-9-14(10-19-21(18)26-13-25-19)11-23-8-7-17-16(12-23)20(22-27-17)15-5-3-2-4-6-15/h2-6,9-10H,7-8,11-13H2,1H3. The second-order valence-electron chi connectivity index (χ2n) is 6.79. The highest BCUT2D eigenvalue weighted by molar-refractivity contribution is 5.63.